The molecule has 0 unspecified atom stereocenters. The third-order valence-corrected chi connectivity index (χ3v) is 6.06. The van der Waals surface area contributed by atoms with Crippen LogP contribution in [0.2, 0.25) is 0 Å². The molecule has 0 amide bonds. The summed E-state index contributed by atoms with van der Waals surface area (Å²) < 4.78 is 54.3. The molecule has 0 saturated carbocycles. The Bertz CT molecular complexity index is 809. The molecule has 0 spiro atoms. The van der Waals surface area contributed by atoms with Gasteiger partial charge in [-0.15, -0.1) is 11.8 Å². The van der Waals surface area contributed by atoms with Crippen molar-refractivity contribution in [2.45, 2.75) is 22.3 Å². The number of fused-ring (bicyclic) bond motifs is 1. The van der Waals surface area contributed by atoms with Gasteiger partial charge in [0.15, 0.2) is 0 Å². The minimum Gasteiger partial charge on any atom is -0.207 e. The van der Waals surface area contributed by atoms with E-state index in [2.05, 4.69) is 4.72 Å². The summed E-state index contributed by atoms with van der Waals surface area (Å²) in [6.07, 6.45) is 0.551. The summed E-state index contributed by atoms with van der Waals surface area (Å²) in [5, 5.41) is 0. The molecule has 0 radical (unpaired) electrons. The number of sulfonamides is 1. The molecule has 1 aliphatic heterocycles. The van der Waals surface area contributed by atoms with Crippen LogP contribution in [-0.4, -0.2) is 14.2 Å². The van der Waals surface area contributed by atoms with Gasteiger partial charge in [-0.3, -0.25) is 0 Å². The van der Waals surface area contributed by atoms with E-state index in [0.717, 1.165) is 6.07 Å². The van der Waals surface area contributed by atoms with Crippen molar-refractivity contribution in [3.8, 4) is 0 Å². The van der Waals surface area contributed by atoms with Crippen LogP contribution in [0.5, 0.6) is 0 Å². The largest absolute Gasteiger partial charge is 0.241 e. The van der Waals surface area contributed by atoms with Gasteiger partial charge in [0.2, 0.25) is 10.0 Å². The summed E-state index contributed by atoms with van der Waals surface area (Å²) in [5.74, 6) is -0.352. The van der Waals surface area contributed by atoms with Gasteiger partial charge in [-0.25, -0.2) is 21.9 Å². The first-order chi connectivity index (χ1) is 10.5. The average Bonchev–Trinajstić information content (AvgIpc) is 2.48. The van der Waals surface area contributed by atoms with E-state index < -0.39 is 21.9 Å². The highest BCUT2D eigenvalue weighted by molar-refractivity contribution is 7.99. The predicted molar refractivity (Wildman–Crippen MR) is 81.2 cm³/mol. The number of thioether (sulfide) groups is 1. The van der Waals surface area contributed by atoms with Gasteiger partial charge in [-0.05, 0) is 42.0 Å². The lowest BCUT2D eigenvalue weighted by Gasteiger charge is -2.26. The molecule has 0 bridgehead atoms. The van der Waals surface area contributed by atoms with Crippen LogP contribution in [0.25, 0.3) is 0 Å². The fraction of sp³-hybridized carbons (Fsp3) is 0.200. The van der Waals surface area contributed by atoms with E-state index in [9.17, 15) is 17.2 Å². The minimum atomic E-state index is -3.86. The van der Waals surface area contributed by atoms with Gasteiger partial charge in [0, 0.05) is 10.9 Å². The molecule has 2 aromatic carbocycles. The lowest BCUT2D eigenvalue weighted by atomic mass is 10.0. The van der Waals surface area contributed by atoms with E-state index in [1.807, 2.05) is 0 Å². The Morgan fingerprint density at radius 2 is 1.91 bits per heavy atom. The van der Waals surface area contributed by atoms with Crippen LogP contribution >= 0.6 is 11.8 Å². The summed E-state index contributed by atoms with van der Waals surface area (Å²) in [5.41, 5.74) is 0.622. The van der Waals surface area contributed by atoms with Gasteiger partial charge >= 0.3 is 0 Å². The Morgan fingerprint density at radius 1 is 1.14 bits per heavy atom. The van der Waals surface area contributed by atoms with Crippen molar-refractivity contribution in [3.63, 3.8) is 0 Å². The SMILES string of the molecule is O=S(=O)(N[C@H]1CCSc2c(F)cccc21)c1cccc(F)c1. The van der Waals surface area contributed by atoms with E-state index in [0.29, 0.717) is 22.6 Å². The van der Waals surface area contributed by atoms with Gasteiger partial charge in [0.1, 0.15) is 11.6 Å². The van der Waals surface area contributed by atoms with Crippen LogP contribution in [0.1, 0.15) is 18.0 Å². The number of rotatable bonds is 3. The molecule has 1 N–H and O–H groups in total. The van der Waals surface area contributed by atoms with Crippen molar-refractivity contribution in [2.24, 2.45) is 0 Å². The summed E-state index contributed by atoms with van der Waals surface area (Å²) in [7, 11) is -3.86. The van der Waals surface area contributed by atoms with Crippen molar-refractivity contribution in [1.29, 1.82) is 0 Å². The fourth-order valence-electron chi connectivity index (χ4n) is 2.40. The molecule has 0 aromatic heterocycles. The van der Waals surface area contributed by atoms with Gasteiger partial charge in [-0.1, -0.05) is 18.2 Å². The summed E-state index contributed by atoms with van der Waals surface area (Å²) in [6.45, 7) is 0. The van der Waals surface area contributed by atoms with Crippen LogP contribution in [0.4, 0.5) is 8.78 Å². The van der Waals surface area contributed by atoms with Crippen molar-refractivity contribution >= 4 is 21.8 Å². The van der Waals surface area contributed by atoms with Crippen LogP contribution in [0.15, 0.2) is 52.3 Å². The van der Waals surface area contributed by atoms with Gasteiger partial charge in [0.25, 0.3) is 0 Å². The molecule has 0 fully saturated rings. The second kappa shape index (κ2) is 5.98. The maximum atomic E-state index is 13.8. The molecule has 1 atom stereocenters. The first kappa shape index (κ1) is 15.5. The highest BCUT2D eigenvalue weighted by atomic mass is 32.2. The van der Waals surface area contributed by atoms with E-state index in [-0.39, 0.29) is 10.7 Å². The predicted octanol–water partition coefficient (Wildman–Crippen LogP) is 3.48. The molecule has 3 nitrogen and oxygen atoms in total. The lowest BCUT2D eigenvalue weighted by Crippen LogP contribution is -2.31. The zero-order chi connectivity index (χ0) is 15.7. The maximum absolute atomic E-state index is 13.8. The molecule has 1 aliphatic rings. The molecular weight excluding hydrogens is 328 g/mol. The molecule has 7 heteroatoms. The van der Waals surface area contributed by atoms with E-state index in [1.165, 1.54) is 36.0 Å². The first-order valence-electron chi connectivity index (χ1n) is 6.66. The number of nitrogens with one attached hydrogen (secondary N) is 1. The summed E-state index contributed by atoms with van der Waals surface area (Å²) in [6, 6.07) is 8.93. The summed E-state index contributed by atoms with van der Waals surface area (Å²) >= 11 is 1.37. The molecule has 22 heavy (non-hydrogen) atoms. The normalized spacial score (nSPS) is 18.0. The number of hydrogen-bond donors (Lipinski definition) is 1. The number of benzene rings is 2. The quantitative estimate of drug-likeness (QED) is 0.930. The van der Waals surface area contributed by atoms with Crippen LogP contribution in [-0.2, 0) is 10.0 Å². The first-order valence-corrected chi connectivity index (χ1v) is 9.13. The Morgan fingerprint density at radius 3 is 2.68 bits per heavy atom. The Hall–Kier alpha value is -1.44. The van der Waals surface area contributed by atoms with Crippen molar-refractivity contribution in [2.75, 3.05) is 5.75 Å². The van der Waals surface area contributed by atoms with Gasteiger partial charge in [-0.2, -0.15) is 0 Å². The van der Waals surface area contributed by atoms with Gasteiger partial charge < -0.3 is 0 Å². The second-order valence-electron chi connectivity index (χ2n) is 4.93. The third kappa shape index (κ3) is 3.02. The maximum Gasteiger partial charge on any atom is 0.241 e. The molecule has 0 aliphatic carbocycles. The molecule has 3 rings (SSSR count). The van der Waals surface area contributed by atoms with E-state index >= 15 is 0 Å². The average molecular weight is 341 g/mol. The number of hydrogen-bond acceptors (Lipinski definition) is 3. The van der Waals surface area contributed by atoms with E-state index in [1.54, 1.807) is 12.1 Å². The third-order valence-electron chi connectivity index (χ3n) is 3.43. The molecule has 2 aromatic rings. The van der Waals surface area contributed by atoms with Crippen LogP contribution in [0.3, 0.4) is 0 Å². The van der Waals surface area contributed by atoms with Crippen molar-refractivity contribution in [1.82, 2.24) is 4.72 Å². The smallest absolute Gasteiger partial charge is 0.207 e. The standard InChI is InChI=1S/C15H13F2NO2S2/c16-10-3-1-4-11(9-10)22(19,20)18-14-7-8-21-15-12(14)5-2-6-13(15)17/h1-6,9,14,18H,7-8H2/t14-/m0/s1. The topological polar surface area (TPSA) is 46.2 Å². The molecule has 0 saturated heterocycles. The molecule has 1 heterocycles. The zero-order valence-corrected chi connectivity index (χ0v) is 13.1. The zero-order valence-electron chi connectivity index (χ0n) is 11.4. The monoisotopic (exact) mass is 341 g/mol. The van der Waals surface area contributed by atoms with Gasteiger partial charge in [0.05, 0.1) is 4.90 Å². The fourth-order valence-corrected chi connectivity index (χ4v) is 4.82. The van der Waals surface area contributed by atoms with Crippen molar-refractivity contribution in [3.05, 3.63) is 59.7 Å². The van der Waals surface area contributed by atoms with Crippen LogP contribution < -0.4 is 4.72 Å². The highest BCUT2D eigenvalue weighted by Gasteiger charge is 2.27. The molecule has 116 valence electrons. The second-order valence-corrected chi connectivity index (χ2v) is 7.75. The van der Waals surface area contributed by atoms with Crippen molar-refractivity contribution < 1.29 is 17.2 Å². The van der Waals surface area contributed by atoms with E-state index in [4.69, 9.17) is 0 Å². The Balaban J connectivity index is 1.93. The molecular formula is C15H13F2NO2S2. The Labute approximate surface area is 131 Å². The number of halogens is 2. The Kier molecular flexibility index (Phi) is 4.20. The summed E-state index contributed by atoms with van der Waals surface area (Å²) in [4.78, 5) is 0.337. The lowest BCUT2D eigenvalue weighted by molar-refractivity contribution is 0.532. The van der Waals surface area contributed by atoms with Crippen LogP contribution in [0, 0.1) is 11.6 Å². The minimum absolute atomic E-state index is 0.135. The highest BCUT2D eigenvalue weighted by Crippen LogP contribution is 2.38.